The summed E-state index contributed by atoms with van der Waals surface area (Å²) in [5.41, 5.74) is 1.26. The minimum Gasteiger partial charge on any atom is -0.493 e. The average molecular weight is 424 g/mol. The standard InChI is InChI=1S/C25H29NO5/c1-15(27)22-19(26-18-9-7-6-8-10-18)14-25(3,29)24(16(2)28)23(22)17-11-12-20(30-4)21(13-17)31-5/h6-13,23-24,26,29H,14H2,1-5H3/t23-,24-,25-/m1/s1. The van der Waals surface area contributed by atoms with Gasteiger partial charge in [-0.25, -0.2) is 0 Å². The molecule has 3 atom stereocenters. The van der Waals surface area contributed by atoms with E-state index in [0.717, 1.165) is 5.69 Å². The van der Waals surface area contributed by atoms with Crippen molar-refractivity contribution in [3.8, 4) is 11.5 Å². The summed E-state index contributed by atoms with van der Waals surface area (Å²) in [6.45, 7) is 4.60. The van der Waals surface area contributed by atoms with Crippen molar-refractivity contribution in [3.05, 3.63) is 65.4 Å². The number of carbonyl (C=O) groups excluding carboxylic acids is 2. The molecule has 31 heavy (non-hydrogen) atoms. The normalized spacial score (nSPS) is 23.3. The van der Waals surface area contributed by atoms with Gasteiger partial charge in [-0.1, -0.05) is 24.3 Å². The topological polar surface area (TPSA) is 84.9 Å². The first-order valence-electron chi connectivity index (χ1n) is 10.2. The second-order valence-electron chi connectivity index (χ2n) is 8.15. The van der Waals surface area contributed by atoms with E-state index in [-0.39, 0.29) is 18.0 Å². The fourth-order valence-electron chi connectivity index (χ4n) is 4.59. The Bertz CT molecular complexity index is 1010. The highest BCUT2D eigenvalue weighted by Crippen LogP contribution is 2.48. The molecule has 0 bridgehead atoms. The van der Waals surface area contributed by atoms with Crippen molar-refractivity contribution in [2.45, 2.75) is 38.7 Å². The summed E-state index contributed by atoms with van der Waals surface area (Å²) >= 11 is 0. The highest BCUT2D eigenvalue weighted by Gasteiger charge is 2.49. The van der Waals surface area contributed by atoms with Gasteiger partial charge in [0.1, 0.15) is 5.78 Å². The van der Waals surface area contributed by atoms with Crippen molar-refractivity contribution in [3.63, 3.8) is 0 Å². The molecule has 3 rings (SSSR count). The highest BCUT2D eigenvalue weighted by molar-refractivity contribution is 5.98. The summed E-state index contributed by atoms with van der Waals surface area (Å²) in [6.07, 6.45) is 0.158. The number of para-hydroxylation sites is 1. The van der Waals surface area contributed by atoms with Gasteiger partial charge in [-0.15, -0.1) is 0 Å². The first-order valence-corrected chi connectivity index (χ1v) is 10.2. The molecule has 0 aliphatic heterocycles. The predicted octanol–water partition coefficient (Wildman–Crippen LogP) is 4.10. The van der Waals surface area contributed by atoms with Crippen molar-refractivity contribution in [2.75, 3.05) is 19.5 Å². The van der Waals surface area contributed by atoms with Crippen LogP contribution in [-0.2, 0) is 9.59 Å². The van der Waals surface area contributed by atoms with Crippen LogP contribution >= 0.6 is 0 Å². The molecule has 164 valence electrons. The third kappa shape index (κ3) is 4.49. The van der Waals surface area contributed by atoms with Crippen LogP contribution in [0.2, 0.25) is 0 Å². The maximum absolute atomic E-state index is 12.9. The smallest absolute Gasteiger partial charge is 0.161 e. The van der Waals surface area contributed by atoms with Crippen LogP contribution in [0.1, 0.15) is 38.7 Å². The van der Waals surface area contributed by atoms with E-state index in [9.17, 15) is 14.7 Å². The largest absolute Gasteiger partial charge is 0.493 e. The molecule has 1 aliphatic rings. The molecular weight excluding hydrogens is 394 g/mol. The SMILES string of the molecule is COc1ccc([C@@H]2C(C(C)=O)=C(Nc3ccccc3)C[C@@](C)(O)[C@@H]2C(C)=O)cc1OC. The molecule has 0 fully saturated rings. The van der Waals surface area contributed by atoms with Gasteiger partial charge in [0, 0.05) is 29.3 Å². The summed E-state index contributed by atoms with van der Waals surface area (Å²) in [5, 5.41) is 14.7. The van der Waals surface area contributed by atoms with Crippen LogP contribution in [0.25, 0.3) is 0 Å². The molecular formula is C25H29NO5. The van der Waals surface area contributed by atoms with Gasteiger partial charge in [0.25, 0.3) is 0 Å². The first kappa shape index (κ1) is 22.6. The number of anilines is 1. The van der Waals surface area contributed by atoms with Gasteiger partial charge in [0.2, 0.25) is 0 Å². The van der Waals surface area contributed by atoms with E-state index < -0.39 is 17.4 Å². The van der Waals surface area contributed by atoms with Crippen LogP contribution in [0, 0.1) is 5.92 Å². The van der Waals surface area contributed by atoms with Gasteiger partial charge < -0.3 is 19.9 Å². The van der Waals surface area contributed by atoms with Crippen molar-refractivity contribution in [2.24, 2.45) is 5.92 Å². The Labute approximate surface area is 182 Å². The maximum atomic E-state index is 12.9. The third-order valence-corrected chi connectivity index (χ3v) is 5.83. The first-order chi connectivity index (χ1) is 14.7. The monoisotopic (exact) mass is 423 g/mol. The van der Waals surface area contributed by atoms with Gasteiger partial charge in [0.15, 0.2) is 17.3 Å². The van der Waals surface area contributed by atoms with E-state index in [0.29, 0.717) is 28.3 Å². The second kappa shape index (κ2) is 8.94. The Kier molecular flexibility index (Phi) is 6.51. The number of rotatable bonds is 7. The Morgan fingerprint density at radius 1 is 1.03 bits per heavy atom. The molecule has 2 aromatic carbocycles. The summed E-state index contributed by atoms with van der Waals surface area (Å²) in [5.74, 6) is -0.713. The van der Waals surface area contributed by atoms with Crippen LogP contribution in [0.15, 0.2) is 59.8 Å². The molecule has 0 aromatic heterocycles. The number of benzene rings is 2. The second-order valence-corrected chi connectivity index (χ2v) is 8.15. The van der Waals surface area contributed by atoms with Crippen molar-refractivity contribution < 1.29 is 24.2 Å². The molecule has 2 aromatic rings. The number of Topliss-reactive ketones (excluding diaryl/α,β-unsaturated/α-hetero) is 2. The minimum absolute atomic E-state index is 0.153. The number of carbonyl (C=O) groups is 2. The van der Waals surface area contributed by atoms with Crippen molar-refractivity contribution >= 4 is 17.3 Å². The van der Waals surface area contributed by atoms with Crippen LogP contribution in [0.3, 0.4) is 0 Å². The average Bonchev–Trinajstić information content (AvgIpc) is 2.72. The number of methoxy groups -OCH3 is 2. The number of hydrogen-bond acceptors (Lipinski definition) is 6. The highest BCUT2D eigenvalue weighted by atomic mass is 16.5. The Hall–Kier alpha value is -3.12. The van der Waals surface area contributed by atoms with Crippen molar-refractivity contribution in [1.29, 1.82) is 0 Å². The van der Waals surface area contributed by atoms with Gasteiger partial charge in [-0.2, -0.15) is 0 Å². The van der Waals surface area contributed by atoms with Gasteiger partial charge in [-0.05, 0) is 50.6 Å². The van der Waals surface area contributed by atoms with Gasteiger partial charge >= 0.3 is 0 Å². The molecule has 0 spiro atoms. The lowest BCUT2D eigenvalue weighted by molar-refractivity contribution is -0.131. The summed E-state index contributed by atoms with van der Waals surface area (Å²) in [4.78, 5) is 25.6. The van der Waals surface area contributed by atoms with Crippen LogP contribution in [0.4, 0.5) is 5.69 Å². The van der Waals surface area contributed by atoms with E-state index in [2.05, 4.69) is 5.32 Å². The summed E-state index contributed by atoms with van der Waals surface area (Å²) in [7, 11) is 3.08. The number of ketones is 2. The van der Waals surface area contributed by atoms with Crippen molar-refractivity contribution in [1.82, 2.24) is 0 Å². The molecule has 0 heterocycles. The molecule has 6 heteroatoms. The molecule has 1 aliphatic carbocycles. The quantitative estimate of drug-likeness (QED) is 0.697. The number of nitrogens with one attached hydrogen (secondary N) is 1. The fourth-order valence-corrected chi connectivity index (χ4v) is 4.59. The lowest BCUT2D eigenvalue weighted by Gasteiger charge is -2.43. The van der Waals surface area contributed by atoms with Gasteiger partial charge in [-0.3, -0.25) is 9.59 Å². The lowest BCUT2D eigenvalue weighted by atomic mass is 9.64. The van der Waals surface area contributed by atoms with Crippen LogP contribution in [0.5, 0.6) is 11.5 Å². The molecule has 0 radical (unpaired) electrons. The molecule has 0 saturated carbocycles. The van der Waals surface area contributed by atoms with E-state index in [1.165, 1.54) is 21.0 Å². The third-order valence-electron chi connectivity index (χ3n) is 5.83. The zero-order valence-electron chi connectivity index (χ0n) is 18.6. The van der Waals surface area contributed by atoms with E-state index >= 15 is 0 Å². The van der Waals surface area contributed by atoms with Gasteiger partial charge in [0.05, 0.1) is 25.7 Å². The Morgan fingerprint density at radius 3 is 2.23 bits per heavy atom. The number of allylic oxidation sites excluding steroid dienone is 1. The predicted molar refractivity (Wildman–Crippen MR) is 119 cm³/mol. The zero-order valence-corrected chi connectivity index (χ0v) is 18.6. The number of aliphatic hydroxyl groups is 1. The van der Waals surface area contributed by atoms with E-state index in [1.807, 2.05) is 36.4 Å². The number of ether oxygens (including phenoxy) is 2. The Balaban J connectivity index is 2.24. The summed E-state index contributed by atoms with van der Waals surface area (Å²) < 4.78 is 10.8. The van der Waals surface area contributed by atoms with E-state index in [4.69, 9.17) is 9.47 Å². The minimum atomic E-state index is -1.35. The molecule has 6 nitrogen and oxygen atoms in total. The summed E-state index contributed by atoms with van der Waals surface area (Å²) in [6, 6.07) is 14.8. The lowest BCUT2D eigenvalue weighted by Crippen LogP contribution is -2.48. The van der Waals surface area contributed by atoms with Crippen LogP contribution < -0.4 is 14.8 Å². The number of hydrogen-bond donors (Lipinski definition) is 2. The van der Waals surface area contributed by atoms with E-state index in [1.54, 1.807) is 26.2 Å². The maximum Gasteiger partial charge on any atom is 0.161 e. The molecule has 2 N–H and O–H groups in total. The molecule has 0 saturated heterocycles. The Morgan fingerprint density at radius 2 is 1.68 bits per heavy atom. The van der Waals surface area contributed by atoms with Crippen LogP contribution in [-0.4, -0.2) is 36.5 Å². The fraction of sp³-hybridized carbons (Fsp3) is 0.360. The molecule has 0 unspecified atom stereocenters. The zero-order chi connectivity index (χ0) is 22.8. The molecule has 0 amide bonds.